The van der Waals surface area contributed by atoms with E-state index in [-0.39, 0.29) is 29.3 Å². The van der Waals surface area contributed by atoms with Gasteiger partial charge in [-0.1, -0.05) is 6.07 Å². The number of aliphatic hydroxyl groups is 1. The monoisotopic (exact) mass is 432 g/mol. The highest BCUT2D eigenvalue weighted by Gasteiger charge is 2.41. The molecule has 5 rings (SSSR count). The van der Waals surface area contributed by atoms with Crippen LogP contribution < -0.4 is 10.2 Å². The average Bonchev–Trinajstić information content (AvgIpc) is 3.46. The standard InChI is InChI=1S/C23H21FN6O2/c1-23(2)18(31)6-8-29(23)19-7-9-30(28-19)17-10-15(27-16-12-26-22(32)21(16)17)20-13(11-25)4-3-5-14(20)24/h3-5,7,9-10,18,31H,6,8,12H2,1-2H3,(H,26,32)/t18-/m0/s1. The molecule has 0 aliphatic carbocycles. The molecule has 0 bridgehead atoms. The van der Waals surface area contributed by atoms with Crippen molar-refractivity contribution in [3.8, 4) is 23.0 Å². The minimum atomic E-state index is -0.561. The third kappa shape index (κ3) is 2.95. The maximum absolute atomic E-state index is 14.7. The molecule has 8 nitrogen and oxygen atoms in total. The number of aliphatic hydroxyl groups excluding tert-OH is 1. The number of amides is 1. The van der Waals surface area contributed by atoms with Gasteiger partial charge in [-0.3, -0.25) is 4.79 Å². The van der Waals surface area contributed by atoms with E-state index in [2.05, 4.69) is 15.4 Å². The fraction of sp³-hybridized carbons (Fsp3) is 0.304. The number of hydrogen-bond donors (Lipinski definition) is 2. The lowest BCUT2D eigenvalue weighted by molar-refractivity contribution is 0.0965. The Bertz CT molecular complexity index is 1290. The SMILES string of the molecule is CC1(C)[C@@H](O)CCN1c1ccn(-c2cc(-c3c(F)cccc3C#N)nc3c2C(=O)NC3)n1. The smallest absolute Gasteiger partial charge is 0.255 e. The Morgan fingerprint density at radius 2 is 2.12 bits per heavy atom. The molecular formula is C23H21FN6O2. The van der Waals surface area contributed by atoms with Crippen LogP contribution in [0.3, 0.4) is 0 Å². The number of carbonyl (C=O) groups excluding carboxylic acids is 1. The summed E-state index contributed by atoms with van der Waals surface area (Å²) in [6, 6.07) is 9.70. The molecule has 2 aliphatic heterocycles. The lowest BCUT2D eigenvalue weighted by atomic mass is 9.99. The molecule has 2 aliphatic rings. The molecular weight excluding hydrogens is 411 g/mol. The van der Waals surface area contributed by atoms with Gasteiger partial charge >= 0.3 is 0 Å². The van der Waals surface area contributed by atoms with Crippen molar-refractivity contribution in [2.75, 3.05) is 11.4 Å². The predicted octanol–water partition coefficient (Wildman–Crippen LogP) is 2.54. The van der Waals surface area contributed by atoms with Crippen LogP contribution in [-0.2, 0) is 6.54 Å². The number of carbonyl (C=O) groups is 1. The highest BCUT2D eigenvalue weighted by atomic mass is 19.1. The van der Waals surface area contributed by atoms with Gasteiger partial charge in [0.15, 0.2) is 5.82 Å². The molecule has 1 atom stereocenters. The van der Waals surface area contributed by atoms with Crippen molar-refractivity contribution in [1.82, 2.24) is 20.1 Å². The highest BCUT2D eigenvalue weighted by Crippen LogP contribution is 2.35. The van der Waals surface area contributed by atoms with Gasteiger partial charge in [-0.25, -0.2) is 14.1 Å². The number of nitriles is 1. The van der Waals surface area contributed by atoms with Crippen molar-refractivity contribution < 1.29 is 14.3 Å². The second-order valence-electron chi connectivity index (χ2n) is 8.53. The first-order valence-corrected chi connectivity index (χ1v) is 10.3. The van der Waals surface area contributed by atoms with E-state index < -0.39 is 17.5 Å². The van der Waals surface area contributed by atoms with Crippen LogP contribution in [-0.4, -0.2) is 44.0 Å². The minimum Gasteiger partial charge on any atom is -0.391 e. The molecule has 4 heterocycles. The van der Waals surface area contributed by atoms with E-state index in [9.17, 15) is 19.6 Å². The normalized spacial score (nSPS) is 19.0. The van der Waals surface area contributed by atoms with Crippen LogP contribution in [0.1, 0.15) is 41.9 Å². The molecule has 0 radical (unpaired) electrons. The molecule has 2 aromatic heterocycles. The van der Waals surface area contributed by atoms with Crippen molar-refractivity contribution in [1.29, 1.82) is 5.26 Å². The topological polar surface area (TPSA) is 107 Å². The predicted molar refractivity (Wildman–Crippen MR) is 115 cm³/mol. The molecule has 32 heavy (non-hydrogen) atoms. The van der Waals surface area contributed by atoms with Gasteiger partial charge in [0.2, 0.25) is 0 Å². The summed E-state index contributed by atoms with van der Waals surface area (Å²) >= 11 is 0. The Balaban J connectivity index is 1.66. The summed E-state index contributed by atoms with van der Waals surface area (Å²) in [6.07, 6.45) is 1.90. The quantitative estimate of drug-likeness (QED) is 0.659. The van der Waals surface area contributed by atoms with Crippen LogP contribution in [0.15, 0.2) is 36.5 Å². The summed E-state index contributed by atoms with van der Waals surface area (Å²) in [7, 11) is 0. The van der Waals surface area contributed by atoms with Crippen molar-refractivity contribution in [3.05, 3.63) is 59.2 Å². The maximum atomic E-state index is 14.7. The largest absolute Gasteiger partial charge is 0.391 e. The minimum absolute atomic E-state index is 0.0922. The molecule has 1 amide bonds. The number of rotatable bonds is 3. The summed E-state index contributed by atoms with van der Waals surface area (Å²) in [4.78, 5) is 19.1. The van der Waals surface area contributed by atoms with Crippen LogP contribution >= 0.6 is 0 Å². The Hall–Kier alpha value is -3.77. The van der Waals surface area contributed by atoms with Crippen molar-refractivity contribution in [2.45, 2.75) is 38.5 Å². The van der Waals surface area contributed by atoms with Crippen molar-refractivity contribution in [2.24, 2.45) is 0 Å². The number of benzene rings is 1. The zero-order valence-corrected chi connectivity index (χ0v) is 17.6. The van der Waals surface area contributed by atoms with E-state index in [1.165, 1.54) is 18.2 Å². The molecule has 0 spiro atoms. The molecule has 1 aromatic carbocycles. The fourth-order valence-corrected chi connectivity index (χ4v) is 4.47. The summed E-state index contributed by atoms with van der Waals surface area (Å²) in [5.41, 5.74) is 1.35. The fourth-order valence-electron chi connectivity index (χ4n) is 4.47. The number of nitrogens with one attached hydrogen (secondary N) is 1. The van der Waals surface area contributed by atoms with Gasteiger partial charge in [-0.15, -0.1) is 0 Å². The zero-order chi connectivity index (χ0) is 22.6. The first-order chi connectivity index (χ1) is 15.3. The molecule has 1 saturated heterocycles. The second kappa shape index (κ2) is 7.14. The molecule has 3 aromatic rings. The Labute approximate surface area is 183 Å². The number of nitrogens with zero attached hydrogens (tertiary/aromatic N) is 5. The molecule has 9 heteroatoms. The number of pyridine rings is 1. The molecule has 0 saturated carbocycles. The number of aromatic nitrogens is 3. The second-order valence-corrected chi connectivity index (χ2v) is 8.53. The van der Waals surface area contributed by atoms with E-state index in [1.807, 2.05) is 30.9 Å². The van der Waals surface area contributed by atoms with E-state index in [0.29, 0.717) is 35.7 Å². The number of fused-ring (bicyclic) bond motifs is 1. The van der Waals surface area contributed by atoms with Gasteiger partial charge < -0.3 is 15.3 Å². The van der Waals surface area contributed by atoms with E-state index in [4.69, 9.17) is 0 Å². The van der Waals surface area contributed by atoms with Gasteiger partial charge in [-0.2, -0.15) is 10.4 Å². The Morgan fingerprint density at radius 3 is 2.84 bits per heavy atom. The summed E-state index contributed by atoms with van der Waals surface area (Å²) in [5.74, 6) is -0.175. The summed E-state index contributed by atoms with van der Waals surface area (Å²) in [6.45, 7) is 4.79. The third-order valence-electron chi connectivity index (χ3n) is 6.34. The molecule has 162 valence electrons. The van der Waals surface area contributed by atoms with E-state index >= 15 is 0 Å². The van der Waals surface area contributed by atoms with Crippen LogP contribution in [0.2, 0.25) is 0 Å². The average molecular weight is 432 g/mol. The van der Waals surface area contributed by atoms with Crippen LogP contribution in [0, 0.1) is 17.1 Å². The zero-order valence-electron chi connectivity index (χ0n) is 17.6. The highest BCUT2D eigenvalue weighted by molar-refractivity contribution is 6.01. The van der Waals surface area contributed by atoms with Gasteiger partial charge in [0.05, 0.1) is 58.0 Å². The molecule has 1 fully saturated rings. The number of halogens is 1. The van der Waals surface area contributed by atoms with Crippen molar-refractivity contribution >= 4 is 11.7 Å². The van der Waals surface area contributed by atoms with E-state index in [0.717, 1.165) is 0 Å². The summed E-state index contributed by atoms with van der Waals surface area (Å²) < 4.78 is 16.3. The summed E-state index contributed by atoms with van der Waals surface area (Å²) in [5, 5.41) is 27.2. The van der Waals surface area contributed by atoms with Crippen LogP contribution in [0.4, 0.5) is 10.2 Å². The van der Waals surface area contributed by atoms with Gasteiger partial charge in [-0.05, 0) is 38.5 Å². The Kier molecular flexibility index (Phi) is 4.50. The van der Waals surface area contributed by atoms with Crippen molar-refractivity contribution in [3.63, 3.8) is 0 Å². The van der Waals surface area contributed by atoms with Gasteiger partial charge in [0.1, 0.15) is 5.82 Å². The van der Waals surface area contributed by atoms with Gasteiger partial charge in [0.25, 0.3) is 5.91 Å². The first kappa shape index (κ1) is 20.2. The number of anilines is 1. The van der Waals surface area contributed by atoms with E-state index in [1.54, 1.807) is 16.9 Å². The lowest BCUT2D eigenvalue weighted by Gasteiger charge is -2.33. The van der Waals surface area contributed by atoms with Gasteiger partial charge in [0, 0.05) is 18.8 Å². The maximum Gasteiger partial charge on any atom is 0.255 e. The molecule has 2 N–H and O–H groups in total. The Morgan fingerprint density at radius 1 is 1.31 bits per heavy atom. The first-order valence-electron chi connectivity index (χ1n) is 10.3. The number of hydrogen-bond acceptors (Lipinski definition) is 6. The third-order valence-corrected chi connectivity index (χ3v) is 6.34. The van der Waals surface area contributed by atoms with Crippen LogP contribution in [0.5, 0.6) is 0 Å². The van der Waals surface area contributed by atoms with Crippen LogP contribution in [0.25, 0.3) is 16.9 Å². The molecule has 0 unspecified atom stereocenters. The lowest BCUT2D eigenvalue weighted by Crippen LogP contribution is -2.45.